The summed E-state index contributed by atoms with van der Waals surface area (Å²) in [6.45, 7) is 3.37. The first-order valence-corrected chi connectivity index (χ1v) is 9.30. The quantitative estimate of drug-likeness (QED) is 0.601. The van der Waals surface area contributed by atoms with Crippen LogP contribution in [-0.4, -0.2) is 38.2 Å². The van der Waals surface area contributed by atoms with Gasteiger partial charge in [-0.1, -0.05) is 32.0 Å². The number of amides is 1. The van der Waals surface area contributed by atoms with Crippen LogP contribution < -0.4 is 14.2 Å². The predicted octanol–water partition coefficient (Wildman–Crippen LogP) is 4.77. The molecule has 0 spiro atoms. The first kappa shape index (κ1) is 22.5. The van der Waals surface area contributed by atoms with E-state index >= 15 is 0 Å². The molecule has 0 fully saturated rings. The zero-order chi connectivity index (χ0) is 21.6. The van der Waals surface area contributed by atoms with E-state index in [1.165, 1.54) is 18.1 Å². The van der Waals surface area contributed by atoms with Crippen molar-refractivity contribution in [3.63, 3.8) is 0 Å². The lowest BCUT2D eigenvalue weighted by Gasteiger charge is -2.19. The number of halogens is 2. The Bertz CT molecular complexity index is 840. The third-order valence-corrected chi connectivity index (χ3v) is 4.52. The summed E-state index contributed by atoms with van der Waals surface area (Å²) in [5, 5.41) is 0. The molecule has 2 rings (SSSR count). The lowest BCUT2D eigenvalue weighted by Crippen LogP contribution is -2.31. The van der Waals surface area contributed by atoms with Gasteiger partial charge in [-0.15, -0.1) is 0 Å². The number of nitrogens with zero attached hydrogens (tertiary/aromatic N) is 1. The van der Waals surface area contributed by atoms with Gasteiger partial charge in [0.25, 0.3) is 5.91 Å². The topological polar surface area (TPSA) is 48.0 Å². The molecule has 0 atom stereocenters. The lowest BCUT2D eigenvalue weighted by atomic mass is 10.0. The molecule has 0 aliphatic carbocycles. The molecule has 0 N–H and O–H groups in total. The minimum absolute atomic E-state index is 0.0518. The van der Waals surface area contributed by atoms with Crippen LogP contribution in [0.1, 0.15) is 36.5 Å². The van der Waals surface area contributed by atoms with Crippen molar-refractivity contribution in [2.24, 2.45) is 0 Å². The number of benzene rings is 2. The van der Waals surface area contributed by atoms with E-state index in [4.69, 9.17) is 9.47 Å². The molecule has 0 unspecified atom stereocenters. The summed E-state index contributed by atoms with van der Waals surface area (Å²) in [5.41, 5.74) is 2.83. The van der Waals surface area contributed by atoms with Crippen LogP contribution in [0, 0.1) is 6.92 Å². The van der Waals surface area contributed by atoms with Gasteiger partial charge in [0, 0.05) is 13.6 Å². The normalized spacial score (nSPS) is 10.9. The van der Waals surface area contributed by atoms with Gasteiger partial charge in [-0.2, -0.15) is 8.78 Å². The highest BCUT2D eigenvalue weighted by Gasteiger charge is 2.15. The molecule has 0 radical (unpaired) electrons. The Morgan fingerprint density at radius 2 is 1.79 bits per heavy atom. The van der Waals surface area contributed by atoms with Gasteiger partial charge in [-0.05, 0) is 47.7 Å². The van der Waals surface area contributed by atoms with Gasteiger partial charge in [0.05, 0.1) is 7.11 Å². The highest BCUT2D eigenvalue weighted by Crippen LogP contribution is 2.30. The van der Waals surface area contributed by atoms with Crippen molar-refractivity contribution in [3.05, 3.63) is 53.1 Å². The summed E-state index contributed by atoms with van der Waals surface area (Å²) in [5.74, 6) is 0.979. The second-order valence-electron chi connectivity index (χ2n) is 7.08. The fourth-order valence-corrected chi connectivity index (χ4v) is 2.75. The van der Waals surface area contributed by atoms with Crippen LogP contribution in [0.5, 0.6) is 17.2 Å². The van der Waals surface area contributed by atoms with Crippen LogP contribution in [0.25, 0.3) is 0 Å². The van der Waals surface area contributed by atoms with Crippen molar-refractivity contribution in [1.82, 2.24) is 4.90 Å². The largest absolute Gasteiger partial charge is 0.493 e. The lowest BCUT2D eigenvalue weighted by molar-refractivity contribution is -0.132. The van der Waals surface area contributed by atoms with Crippen LogP contribution in [0.15, 0.2) is 36.4 Å². The minimum Gasteiger partial charge on any atom is -0.493 e. The molecule has 7 heteroatoms. The first-order chi connectivity index (χ1) is 13.7. The number of carbonyl (C=O) groups excluding carboxylic acids is 1. The summed E-state index contributed by atoms with van der Waals surface area (Å²) < 4.78 is 40.1. The molecule has 0 heterocycles. The van der Waals surface area contributed by atoms with E-state index in [2.05, 4.69) is 24.7 Å². The number of rotatable bonds is 9. The van der Waals surface area contributed by atoms with Gasteiger partial charge in [0.15, 0.2) is 18.1 Å². The van der Waals surface area contributed by atoms with Gasteiger partial charge < -0.3 is 19.1 Å². The highest BCUT2D eigenvalue weighted by molar-refractivity contribution is 5.77. The molecule has 0 aromatic heterocycles. The van der Waals surface area contributed by atoms with Crippen LogP contribution in [-0.2, 0) is 11.3 Å². The predicted molar refractivity (Wildman–Crippen MR) is 107 cm³/mol. The van der Waals surface area contributed by atoms with Gasteiger partial charge >= 0.3 is 6.61 Å². The summed E-state index contributed by atoms with van der Waals surface area (Å²) in [6.07, 6.45) is 0. The molecule has 158 valence electrons. The fraction of sp³-hybridized carbons (Fsp3) is 0.409. The molecule has 1 amide bonds. The average molecular weight is 407 g/mol. The van der Waals surface area contributed by atoms with Gasteiger partial charge in [-0.3, -0.25) is 4.79 Å². The van der Waals surface area contributed by atoms with E-state index in [0.29, 0.717) is 11.7 Å². The maximum absolute atomic E-state index is 12.5. The number of alkyl halides is 2. The zero-order valence-corrected chi connectivity index (χ0v) is 17.4. The summed E-state index contributed by atoms with van der Waals surface area (Å²) in [4.78, 5) is 14.0. The van der Waals surface area contributed by atoms with Crippen molar-refractivity contribution in [2.45, 2.75) is 39.8 Å². The first-order valence-electron chi connectivity index (χ1n) is 9.30. The number of aryl methyl sites for hydroxylation is 1. The molecular weight excluding hydrogens is 380 g/mol. The molecule has 0 saturated carbocycles. The second kappa shape index (κ2) is 10.1. The Kier molecular flexibility index (Phi) is 7.82. The number of carbonyl (C=O) groups is 1. The van der Waals surface area contributed by atoms with Gasteiger partial charge in [0.1, 0.15) is 5.75 Å². The molecule has 0 bridgehead atoms. The molecule has 0 saturated heterocycles. The maximum Gasteiger partial charge on any atom is 0.387 e. The van der Waals surface area contributed by atoms with E-state index in [1.807, 2.05) is 19.1 Å². The SMILES string of the molecule is COc1cc(CN(C)C(=O)COc2cc(C(C)C)ccc2C)ccc1OC(F)F. The number of hydrogen-bond acceptors (Lipinski definition) is 4. The summed E-state index contributed by atoms with van der Waals surface area (Å²) >= 11 is 0. The van der Waals surface area contributed by atoms with Crippen LogP contribution in [0.2, 0.25) is 0 Å². The number of likely N-dealkylation sites (N-methyl/N-ethyl adjacent to an activating group) is 1. The molecular formula is C22H27F2NO4. The molecule has 29 heavy (non-hydrogen) atoms. The van der Waals surface area contributed by atoms with E-state index < -0.39 is 6.61 Å². The zero-order valence-electron chi connectivity index (χ0n) is 17.4. The summed E-state index contributed by atoms with van der Waals surface area (Å²) in [7, 11) is 3.02. The van der Waals surface area contributed by atoms with Crippen LogP contribution in [0.3, 0.4) is 0 Å². The van der Waals surface area contributed by atoms with Crippen molar-refractivity contribution in [3.8, 4) is 17.2 Å². The molecule has 2 aromatic carbocycles. The molecule has 0 aliphatic rings. The molecule has 2 aromatic rings. The maximum atomic E-state index is 12.5. The van der Waals surface area contributed by atoms with Crippen molar-refractivity contribution < 1.29 is 27.8 Å². The van der Waals surface area contributed by atoms with Gasteiger partial charge in [0.2, 0.25) is 0 Å². The number of methoxy groups -OCH3 is 1. The smallest absolute Gasteiger partial charge is 0.387 e. The monoisotopic (exact) mass is 407 g/mol. The Hall–Kier alpha value is -2.83. The summed E-state index contributed by atoms with van der Waals surface area (Å²) in [6, 6.07) is 10.6. The van der Waals surface area contributed by atoms with Crippen LogP contribution >= 0.6 is 0 Å². The minimum atomic E-state index is -2.94. The second-order valence-corrected chi connectivity index (χ2v) is 7.08. The van der Waals surface area contributed by atoms with E-state index in [1.54, 1.807) is 19.2 Å². The van der Waals surface area contributed by atoms with E-state index in [0.717, 1.165) is 16.7 Å². The van der Waals surface area contributed by atoms with Crippen molar-refractivity contribution >= 4 is 5.91 Å². The fourth-order valence-electron chi connectivity index (χ4n) is 2.75. The molecule has 5 nitrogen and oxygen atoms in total. The van der Waals surface area contributed by atoms with Crippen LogP contribution in [0.4, 0.5) is 8.78 Å². The molecule has 0 aliphatic heterocycles. The Morgan fingerprint density at radius 1 is 1.07 bits per heavy atom. The van der Waals surface area contributed by atoms with E-state index in [-0.39, 0.29) is 30.6 Å². The van der Waals surface area contributed by atoms with Gasteiger partial charge in [-0.25, -0.2) is 0 Å². The number of hydrogen-bond donors (Lipinski definition) is 0. The Morgan fingerprint density at radius 3 is 2.41 bits per heavy atom. The Labute approximate surface area is 170 Å². The Balaban J connectivity index is 2.00. The average Bonchev–Trinajstić information content (AvgIpc) is 2.67. The van der Waals surface area contributed by atoms with E-state index in [9.17, 15) is 13.6 Å². The third kappa shape index (κ3) is 6.34. The third-order valence-electron chi connectivity index (χ3n) is 4.52. The highest BCUT2D eigenvalue weighted by atomic mass is 19.3. The number of ether oxygens (including phenoxy) is 3. The standard InChI is InChI=1S/C22H27F2NO4/c1-14(2)17-8-6-15(3)19(11-17)28-13-21(26)25(4)12-16-7-9-18(29-22(23)24)20(10-16)27-5/h6-11,14,22H,12-13H2,1-5H3. The van der Waals surface area contributed by atoms with Crippen molar-refractivity contribution in [1.29, 1.82) is 0 Å². The van der Waals surface area contributed by atoms with Crippen molar-refractivity contribution in [2.75, 3.05) is 20.8 Å².